The maximum atomic E-state index is 4.67. The van der Waals surface area contributed by atoms with E-state index in [0.717, 1.165) is 24.2 Å². The van der Waals surface area contributed by atoms with Crippen molar-refractivity contribution in [3.63, 3.8) is 0 Å². The van der Waals surface area contributed by atoms with E-state index in [2.05, 4.69) is 60.2 Å². The van der Waals surface area contributed by atoms with Gasteiger partial charge in [-0.2, -0.15) is 0 Å². The minimum atomic E-state index is 0.839. The molecular formula is C28H34N2. The molecular weight excluding hydrogens is 364 g/mol. The molecule has 0 bridgehead atoms. The number of unbranched alkanes of at least 4 members (excludes halogenated alkanes) is 5. The molecule has 2 nitrogen and oxygen atoms in total. The van der Waals surface area contributed by atoms with Crippen LogP contribution in [0.2, 0.25) is 0 Å². The predicted molar refractivity (Wildman–Crippen MR) is 127 cm³/mol. The summed E-state index contributed by atoms with van der Waals surface area (Å²) in [6.45, 7) is 4.52. The molecule has 1 heterocycles. The van der Waals surface area contributed by atoms with E-state index in [1.807, 2.05) is 12.4 Å². The Bertz CT molecular complexity index is 972. The fourth-order valence-electron chi connectivity index (χ4n) is 4.53. The fraction of sp³-hybridized carbons (Fsp3) is 0.429. The third-order valence-electron chi connectivity index (χ3n) is 6.30. The van der Waals surface area contributed by atoms with Crippen molar-refractivity contribution in [2.24, 2.45) is 0 Å². The van der Waals surface area contributed by atoms with E-state index in [4.69, 9.17) is 0 Å². The van der Waals surface area contributed by atoms with Crippen LogP contribution in [0.5, 0.6) is 0 Å². The molecule has 3 aromatic rings. The molecule has 1 aliphatic carbocycles. The first kappa shape index (κ1) is 20.8. The Balaban J connectivity index is 1.45. The van der Waals surface area contributed by atoms with E-state index in [0.29, 0.717) is 0 Å². The zero-order valence-electron chi connectivity index (χ0n) is 18.6. The number of fused-ring (bicyclic) bond motifs is 3. The van der Waals surface area contributed by atoms with Crippen LogP contribution >= 0.6 is 0 Å². The van der Waals surface area contributed by atoms with Crippen LogP contribution in [0.3, 0.4) is 0 Å². The first-order chi connectivity index (χ1) is 14.8. The minimum absolute atomic E-state index is 0.839. The molecule has 1 aliphatic rings. The molecule has 0 unspecified atom stereocenters. The lowest BCUT2D eigenvalue weighted by Gasteiger charge is -2.06. The van der Waals surface area contributed by atoms with Crippen molar-refractivity contribution in [1.29, 1.82) is 0 Å². The van der Waals surface area contributed by atoms with Gasteiger partial charge >= 0.3 is 0 Å². The predicted octanol–water partition coefficient (Wildman–Crippen LogP) is 7.57. The monoisotopic (exact) mass is 398 g/mol. The van der Waals surface area contributed by atoms with Crippen molar-refractivity contribution < 1.29 is 0 Å². The standard InChI is InChI=1S/C28H34N2/c1-3-5-7-9-11-22-19-29-28(30-20-22)23-13-15-27-25(17-23)18-24-16-21(10-8-6-4-2)12-14-26(24)27/h12-17,19-20H,3-11,18H2,1-2H3. The highest BCUT2D eigenvalue weighted by Crippen LogP contribution is 2.38. The molecule has 0 amide bonds. The number of hydrogen-bond acceptors (Lipinski definition) is 2. The summed E-state index contributed by atoms with van der Waals surface area (Å²) in [6, 6.07) is 13.8. The third-order valence-corrected chi connectivity index (χ3v) is 6.30. The molecule has 30 heavy (non-hydrogen) atoms. The van der Waals surface area contributed by atoms with Gasteiger partial charge in [-0.05, 0) is 71.6 Å². The number of hydrogen-bond donors (Lipinski definition) is 0. The highest BCUT2D eigenvalue weighted by Gasteiger charge is 2.19. The van der Waals surface area contributed by atoms with Crippen molar-refractivity contribution in [1.82, 2.24) is 9.97 Å². The number of rotatable bonds is 10. The summed E-state index contributed by atoms with van der Waals surface area (Å²) < 4.78 is 0. The van der Waals surface area contributed by atoms with Gasteiger partial charge in [0.05, 0.1) is 0 Å². The Morgan fingerprint density at radius 2 is 1.30 bits per heavy atom. The van der Waals surface area contributed by atoms with Gasteiger partial charge in [-0.3, -0.25) is 0 Å². The lowest BCUT2D eigenvalue weighted by Crippen LogP contribution is -1.94. The van der Waals surface area contributed by atoms with Crippen LogP contribution in [0.1, 0.15) is 81.0 Å². The smallest absolute Gasteiger partial charge is 0.159 e. The van der Waals surface area contributed by atoms with E-state index >= 15 is 0 Å². The van der Waals surface area contributed by atoms with Crippen LogP contribution in [0.4, 0.5) is 0 Å². The van der Waals surface area contributed by atoms with Crippen LogP contribution in [-0.2, 0) is 19.3 Å². The van der Waals surface area contributed by atoms with Crippen LogP contribution in [0.25, 0.3) is 22.5 Å². The largest absolute Gasteiger partial charge is 0.236 e. The summed E-state index contributed by atoms with van der Waals surface area (Å²) in [5.74, 6) is 0.839. The summed E-state index contributed by atoms with van der Waals surface area (Å²) in [4.78, 5) is 9.33. The Morgan fingerprint density at radius 3 is 2.07 bits per heavy atom. The molecule has 4 rings (SSSR count). The van der Waals surface area contributed by atoms with Crippen molar-refractivity contribution in [3.8, 4) is 22.5 Å². The van der Waals surface area contributed by atoms with E-state index in [9.17, 15) is 0 Å². The number of benzene rings is 2. The van der Waals surface area contributed by atoms with Crippen LogP contribution < -0.4 is 0 Å². The van der Waals surface area contributed by atoms with Gasteiger partial charge in [-0.25, -0.2) is 9.97 Å². The summed E-state index contributed by atoms with van der Waals surface area (Å²) in [5, 5.41) is 0. The Kier molecular flexibility index (Phi) is 6.94. The topological polar surface area (TPSA) is 25.8 Å². The molecule has 1 aromatic heterocycles. The fourth-order valence-corrected chi connectivity index (χ4v) is 4.53. The average molecular weight is 399 g/mol. The minimum Gasteiger partial charge on any atom is -0.236 e. The van der Waals surface area contributed by atoms with Gasteiger partial charge in [-0.15, -0.1) is 0 Å². The number of aromatic nitrogens is 2. The molecule has 0 atom stereocenters. The molecule has 0 N–H and O–H groups in total. The first-order valence-corrected chi connectivity index (χ1v) is 11.8. The maximum Gasteiger partial charge on any atom is 0.159 e. The van der Waals surface area contributed by atoms with Gasteiger partial charge in [0.1, 0.15) is 0 Å². The SMILES string of the molecule is CCCCCCc1cnc(-c2ccc3c(c2)Cc2cc(CCCCC)ccc2-3)nc1. The molecule has 0 radical (unpaired) electrons. The maximum absolute atomic E-state index is 4.67. The molecule has 2 aromatic carbocycles. The van der Waals surface area contributed by atoms with E-state index in [1.165, 1.54) is 84.7 Å². The molecule has 0 saturated carbocycles. The summed E-state index contributed by atoms with van der Waals surface area (Å²) in [6.07, 6.45) is 16.3. The second-order valence-corrected chi connectivity index (χ2v) is 8.72. The second-order valence-electron chi connectivity index (χ2n) is 8.72. The average Bonchev–Trinajstić information content (AvgIpc) is 3.14. The molecule has 0 saturated heterocycles. The lowest BCUT2D eigenvalue weighted by atomic mass is 10.00. The number of aryl methyl sites for hydroxylation is 2. The van der Waals surface area contributed by atoms with Gasteiger partial charge in [0.25, 0.3) is 0 Å². The van der Waals surface area contributed by atoms with Gasteiger partial charge < -0.3 is 0 Å². The van der Waals surface area contributed by atoms with Gasteiger partial charge in [0.2, 0.25) is 0 Å². The Labute approximate surface area is 181 Å². The molecule has 0 spiro atoms. The zero-order chi connectivity index (χ0) is 20.8. The molecule has 0 fully saturated rings. The van der Waals surface area contributed by atoms with Gasteiger partial charge in [-0.1, -0.05) is 76.3 Å². The van der Waals surface area contributed by atoms with E-state index < -0.39 is 0 Å². The van der Waals surface area contributed by atoms with Crippen LogP contribution in [-0.4, -0.2) is 9.97 Å². The van der Waals surface area contributed by atoms with Crippen LogP contribution in [0, 0.1) is 0 Å². The van der Waals surface area contributed by atoms with Gasteiger partial charge in [0, 0.05) is 18.0 Å². The highest BCUT2D eigenvalue weighted by atomic mass is 14.9. The van der Waals surface area contributed by atoms with Crippen molar-refractivity contribution in [2.45, 2.75) is 78.1 Å². The molecule has 0 aliphatic heterocycles. The van der Waals surface area contributed by atoms with E-state index in [-0.39, 0.29) is 0 Å². The normalized spacial score (nSPS) is 12.1. The van der Waals surface area contributed by atoms with Crippen LogP contribution in [0.15, 0.2) is 48.8 Å². The summed E-state index contributed by atoms with van der Waals surface area (Å²) in [5.41, 5.74) is 9.51. The molecule has 156 valence electrons. The summed E-state index contributed by atoms with van der Waals surface area (Å²) >= 11 is 0. The third kappa shape index (κ3) is 4.80. The highest BCUT2D eigenvalue weighted by molar-refractivity contribution is 5.79. The summed E-state index contributed by atoms with van der Waals surface area (Å²) in [7, 11) is 0. The zero-order valence-corrected chi connectivity index (χ0v) is 18.6. The lowest BCUT2D eigenvalue weighted by molar-refractivity contribution is 0.665. The second kappa shape index (κ2) is 10.0. The quantitative estimate of drug-likeness (QED) is 0.257. The molecule has 2 heteroatoms. The van der Waals surface area contributed by atoms with E-state index in [1.54, 1.807) is 0 Å². The van der Waals surface area contributed by atoms with Crippen molar-refractivity contribution >= 4 is 0 Å². The first-order valence-electron chi connectivity index (χ1n) is 11.8. The van der Waals surface area contributed by atoms with Gasteiger partial charge in [0.15, 0.2) is 5.82 Å². The Morgan fingerprint density at radius 1 is 0.667 bits per heavy atom. The van der Waals surface area contributed by atoms with Crippen molar-refractivity contribution in [3.05, 3.63) is 71.0 Å². The Hall–Kier alpha value is -2.48. The number of nitrogens with zero attached hydrogens (tertiary/aromatic N) is 2. The van der Waals surface area contributed by atoms with Crippen molar-refractivity contribution in [2.75, 3.05) is 0 Å².